The Morgan fingerprint density at radius 2 is 1.82 bits per heavy atom. The number of aliphatic hydroxyl groups excluding tert-OH is 1. The first-order valence-corrected chi connectivity index (χ1v) is 4.65. The van der Waals surface area contributed by atoms with Crippen molar-refractivity contribution in [2.45, 2.75) is 6.18 Å². The molecule has 0 aliphatic rings. The summed E-state index contributed by atoms with van der Waals surface area (Å²) in [5, 5.41) is 9.30. The lowest BCUT2D eigenvalue weighted by molar-refractivity contribution is -0.165. The van der Waals surface area contributed by atoms with Crippen molar-refractivity contribution in [3.63, 3.8) is 0 Å². The average molecular weight is 264 g/mol. The Bertz CT molecular complexity index is 437. The number of rotatable bonds is 3. The molecule has 0 amide bonds. The molecule has 0 unspecified atom stereocenters. The number of aliphatic hydroxyl groups is 1. The smallest absolute Gasteiger partial charge is 0.454 e. The van der Waals surface area contributed by atoms with E-state index in [-0.39, 0.29) is 11.6 Å². The fourth-order valence-corrected chi connectivity index (χ4v) is 1.10. The van der Waals surface area contributed by atoms with Gasteiger partial charge in [0.1, 0.15) is 11.5 Å². The van der Waals surface area contributed by atoms with Crippen molar-refractivity contribution < 1.29 is 27.3 Å². The van der Waals surface area contributed by atoms with Gasteiger partial charge >= 0.3 is 6.18 Å². The van der Waals surface area contributed by atoms with E-state index in [9.17, 15) is 23.1 Å². The molecule has 1 N–H and O–H groups in total. The number of allylic oxidation sites excluding steroid dienone is 1. The van der Waals surface area contributed by atoms with Crippen LogP contribution in [0, 0.1) is 0 Å². The van der Waals surface area contributed by atoms with Gasteiger partial charge in [-0.15, -0.1) is 0 Å². The lowest BCUT2D eigenvalue weighted by Crippen LogP contribution is -2.20. The van der Waals surface area contributed by atoms with E-state index in [0.29, 0.717) is 5.75 Å². The van der Waals surface area contributed by atoms with Gasteiger partial charge in [0.05, 0.1) is 0 Å². The van der Waals surface area contributed by atoms with E-state index < -0.39 is 17.7 Å². The summed E-state index contributed by atoms with van der Waals surface area (Å²) < 4.78 is 40.3. The van der Waals surface area contributed by atoms with Gasteiger partial charge in [-0.2, -0.15) is 13.2 Å². The van der Waals surface area contributed by atoms with E-state index in [4.69, 9.17) is 0 Å². The highest BCUT2D eigenvalue weighted by atomic mass is 32.1. The minimum Gasteiger partial charge on any atom is -0.507 e. The van der Waals surface area contributed by atoms with Crippen molar-refractivity contribution in [2.24, 2.45) is 0 Å². The van der Waals surface area contributed by atoms with Crippen LogP contribution >= 0.6 is 12.9 Å². The third-order valence-corrected chi connectivity index (χ3v) is 2.01. The SMILES string of the molecule is O=C(C=C(O)c1ccc(OS)cc1)C(F)(F)F. The molecule has 0 fully saturated rings. The highest BCUT2D eigenvalue weighted by Crippen LogP contribution is 2.21. The molecule has 0 saturated heterocycles. The molecule has 1 aromatic rings. The molecule has 1 rings (SSSR count). The molecule has 0 saturated carbocycles. The molecule has 92 valence electrons. The van der Waals surface area contributed by atoms with Crippen LogP contribution in [-0.4, -0.2) is 17.1 Å². The highest BCUT2D eigenvalue weighted by molar-refractivity contribution is 7.75. The third-order valence-electron chi connectivity index (χ3n) is 1.80. The van der Waals surface area contributed by atoms with Crippen LogP contribution in [0.1, 0.15) is 5.56 Å². The summed E-state index contributed by atoms with van der Waals surface area (Å²) >= 11 is 3.51. The van der Waals surface area contributed by atoms with Crippen LogP contribution in [0.2, 0.25) is 0 Å². The maximum absolute atomic E-state index is 11.9. The van der Waals surface area contributed by atoms with Gasteiger partial charge in [0.2, 0.25) is 0 Å². The number of carbonyl (C=O) groups is 1. The topological polar surface area (TPSA) is 46.5 Å². The Labute approximate surface area is 100 Å². The second-order valence-electron chi connectivity index (χ2n) is 3.01. The summed E-state index contributed by atoms with van der Waals surface area (Å²) in [6.07, 6.45) is -4.88. The number of hydrogen-bond acceptors (Lipinski definition) is 4. The largest absolute Gasteiger partial charge is 0.507 e. The number of halogens is 3. The standard InChI is InChI=1S/C10H7F3O3S/c11-10(12,13)9(15)5-8(14)6-1-3-7(16-17)4-2-6/h1-5,14,17H. The maximum atomic E-state index is 11.9. The van der Waals surface area contributed by atoms with Gasteiger partial charge in [-0.1, -0.05) is 0 Å². The van der Waals surface area contributed by atoms with Crippen LogP contribution < -0.4 is 4.18 Å². The summed E-state index contributed by atoms with van der Waals surface area (Å²) in [5.74, 6) is -2.53. The molecule has 0 aliphatic carbocycles. The van der Waals surface area contributed by atoms with Gasteiger partial charge < -0.3 is 9.29 Å². The normalized spacial score (nSPS) is 12.4. The van der Waals surface area contributed by atoms with E-state index in [1.54, 1.807) is 0 Å². The van der Waals surface area contributed by atoms with Gasteiger partial charge in [-0.05, 0) is 24.3 Å². The zero-order valence-electron chi connectivity index (χ0n) is 8.23. The zero-order valence-corrected chi connectivity index (χ0v) is 9.13. The molecule has 0 aromatic heterocycles. The molecule has 0 radical (unpaired) electrons. The highest BCUT2D eigenvalue weighted by Gasteiger charge is 2.36. The predicted molar refractivity (Wildman–Crippen MR) is 57.7 cm³/mol. The van der Waals surface area contributed by atoms with E-state index in [0.717, 1.165) is 0 Å². The van der Waals surface area contributed by atoms with Crippen LogP contribution in [0.15, 0.2) is 30.3 Å². The monoisotopic (exact) mass is 264 g/mol. The van der Waals surface area contributed by atoms with Crippen molar-refractivity contribution >= 4 is 24.5 Å². The third kappa shape index (κ3) is 3.70. The molecule has 3 nitrogen and oxygen atoms in total. The molecule has 0 bridgehead atoms. The molecule has 0 heterocycles. The summed E-state index contributed by atoms with van der Waals surface area (Å²) in [5.41, 5.74) is 0.0664. The summed E-state index contributed by atoms with van der Waals surface area (Å²) in [6.45, 7) is 0. The van der Waals surface area contributed by atoms with Crippen molar-refractivity contribution in [1.82, 2.24) is 0 Å². The number of ketones is 1. The number of hydrogen-bond donors (Lipinski definition) is 2. The molecule has 7 heteroatoms. The molecule has 0 spiro atoms. The number of thiol groups is 1. The van der Waals surface area contributed by atoms with E-state index in [2.05, 4.69) is 17.1 Å². The Hall–Kier alpha value is -1.63. The quantitative estimate of drug-likeness (QED) is 0.382. The van der Waals surface area contributed by atoms with Crippen LogP contribution in [0.25, 0.3) is 5.76 Å². The van der Waals surface area contributed by atoms with E-state index in [1.807, 2.05) is 0 Å². The van der Waals surface area contributed by atoms with Crippen molar-refractivity contribution in [1.29, 1.82) is 0 Å². The second-order valence-corrected chi connectivity index (χ2v) is 3.19. The van der Waals surface area contributed by atoms with Gasteiger partial charge in [0.15, 0.2) is 0 Å². The van der Waals surface area contributed by atoms with Crippen LogP contribution in [0.4, 0.5) is 13.2 Å². The fourth-order valence-electron chi connectivity index (χ4n) is 0.976. The minimum absolute atomic E-state index is 0.0664. The Balaban J connectivity index is 2.92. The first-order valence-electron chi connectivity index (χ1n) is 4.28. The Morgan fingerprint density at radius 3 is 2.24 bits per heavy atom. The molecular formula is C10H7F3O3S. The van der Waals surface area contributed by atoms with Gasteiger partial charge in [-0.3, -0.25) is 4.79 Å². The molecule has 0 aliphatic heterocycles. The summed E-state index contributed by atoms with van der Waals surface area (Å²) in [7, 11) is 0. The van der Waals surface area contributed by atoms with Crippen LogP contribution in [-0.2, 0) is 4.79 Å². The predicted octanol–water partition coefficient (Wildman–Crippen LogP) is 2.94. The second kappa shape index (κ2) is 5.13. The molecule has 17 heavy (non-hydrogen) atoms. The Morgan fingerprint density at radius 1 is 1.29 bits per heavy atom. The number of alkyl halides is 3. The molecule has 0 atom stereocenters. The van der Waals surface area contributed by atoms with Crippen LogP contribution in [0.3, 0.4) is 0 Å². The number of benzene rings is 1. The zero-order chi connectivity index (χ0) is 13.1. The lowest BCUT2D eigenvalue weighted by Gasteiger charge is -2.03. The van der Waals surface area contributed by atoms with Gasteiger partial charge in [0.25, 0.3) is 5.78 Å². The van der Waals surface area contributed by atoms with Crippen molar-refractivity contribution in [3.05, 3.63) is 35.9 Å². The van der Waals surface area contributed by atoms with E-state index >= 15 is 0 Å². The summed E-state index contributed by atoms with van der Waals surface area (Å²) in [6, 6.07) is 5.34. The summed E-state index contributed by atoms with van der Waals surface area (Å²) in [4.78, 5) is 10.6. The first kappa shape index (κ1) is 13.4. The first-order chi connectivity index (χ1) is 7.84. The van der Waals surface area contributed by atoms with E-state index in [1.165, 1.54) is 24.3 Å². The lowest BCUT2D eigenvalue weighted by atomic mass is 10.1. The van der Waals surface area contributed by atoms with Crippen LogP contribution in [0.5, 0.6) is 5.75 Å². The van der Waals surface area contributed by atoms with Gasteiger partial charge in [0, 0.05) is 24.5 Å². The average Bonchev–Trinajstić information content (AvgIpc) is 2.27. The Kier molecular flexibility index (Phi) is 4.06. The van der Waals surface area contributed by atoms with Crippen molar-refractivity contribution in [3.8, 4) is 5.75 Å². The minimum atomic E-state index is -5.00. The molecule has 1 aromatic carbocycles. The van der Waals surface area contributed by atoms with Crippen molar-refractivity contribution in [2.75, 3.05) is 0 Å². The fraction of sp³-hybridized carbons (Fsp3) is 0.100. The maximum Gasteiger partial charge on any atom is 0.454 e. The van der Waals surface area contributed by atoms with Gasteiger partial charge in [-0.25, -0.2) is 0 Å². The molecular weight excluding hydrogens is 257 g/mol. The number of carbonyl (C=O) groups excluding carboxylic acids is 1.